The number of nitrogens with zero attached hydrogens (tertiary/aromatic N) is 4. The number of hydrogen-bond donors (Lipinski definition) is 0. The molecule has 0 fully saturated rings. The van der Waals surface area contributed by atoms with Crippen LogP contribution < -0.4 is 0 Å². The zero-order valence-corrected chi connectivity index (χ0v) is 6.87. The second kappa shape index (κ2) is 3.72. The topological polar surface area (TPSA) is 75.7 Å². The molecule has 0 aliphatic heterocycles. The average Bonchev–Trinajstić information content (AvgIpc) is 2.27. The van der Waals surface area contributed by atoms with E-state index in [9.17, 15) is 0 Å². The highest BCUT2D eigenvalue weighted by Crippen LogP contribution is 2.22. The van der Waals surface area contributed by atoms with Crippen LogP contribution in [0.4, 0.5) is 5.69 Å². The van der Waals surface area contributed by atoms with Crippen LogP contribution in [0.25, 0.3) is 4.85 Å². The first kappa shape index (κ1) is 7.81. The Kier molecular flexibility index (Phi) is 2.08. The van der Waals surface area contributed by atoms with E-state index in [-0.39, 0.29) is 28.4 Å². The van der Waals surface area contributed by atoms with Gasteiger partial charge in [0.1, 0.15) is 6.07 Å². The fourth-order valence-electron chi connectivity index (χ4n) is 0.888. The van der Waals surface area contributed by atoms with E-state index in [4.69, 9.17) is 23.7 Å². The lowest BCUT2D eigenvalue weighted by molar-refractivity contribution is 1.41. The van der Waals surface area contributed by atoms with Crippen LogP contribution in [0.3, 0.4) is 0 Å². The molecule has 1 aromatic carbocycles. The second-order valence-corrected chi connectivity index (χ2v) is 2.27. The number of nitriles is 3. The van der Waals surface area contributed by atoms with Gasteiger partial charge in [0.2, 0.25) is 5.69 Å². The summed E-state index contributed by atoms with van der Waals surface area (Å²) in [6.07, 6.45) is 0. The monoisotopic (exact) mass is 179 g/mol. The van der Waals surface area contributed by atoms with Gasteiger partial charge in [-0.1, -0.05) is 0 Å². The van der Waals surface area contributed by atoms with Crippen molar-refractivity contribution in [1.82, 2.24) is 0 Å². The normalized spacial score (nSPS) is 8.71. The summed E-state index contributed by atoms with van der Waals surface area (Å²) in [6, 6.07) is 5.91. The molecule has 1 aromatic rings. The summed E-state index contributed by atoms with van der Waals surface area (Å²) < 4.78 is 7.50. The van der Waals surface area contributed by atoms with Gasteiger partial charge >= 0.3 is 0 Å². The smallest absolute Gasteiger partial charge is 0.206 e. The van der Waals surface area contributed by atoms with Crippen molar-refractivity contribution >= 4 is 5.69 Å². The maximum atomic E-state index is 8.71. The number of rotatable bonds is 0. The molecular weight excluding hydrogens is 176 g/mol. The predicted molar refractivity (Wildman–Crippen MR) is 46.8 cm³/mol. The Bertz CT molecular complexity index is 540. The molecular formula is C10H2N4. The van der Waals surface area contributed by atoms with Crippen LogP contribution in [-0.4, -0.2) is 0 Å². The first-order chi connectivity index (χ1) is 7.19. The number of hydrogen-bond acceptors (Lipinski definition) is 3. The van der Waals surface area contributed by atoms with Gasteiger partial charge in [-0.15, -0.1) is 0 Å². The minimum Gasteiger partial charge on any atom is -0.237 e. The highest BCUT2D eigenvalue weighted by molar-refractivity contribution is 5.65. The fourth-order valence-corrected chi connectivity index (χ4v) is 0.888. The van der Waals surface area contributed by atoms with E-state index in [1.165, 1.54) is 0 Å². The van der Waals surface area contributed by atoms with Crippen LogP contribution in [0.2, 0.25) is 0 Å². The zero-order chi connectivity index (χ0) is 11.4. The zero-order valence-electron chi connectivity index (χ0n) is 7.87. The molecule has 0 amide bonds. The lowest BCUT2D eigenvalue weighted by atomic mass is 10.0. The summed E-state index contributed by atoms with van der Waals surface area (Å²) in [4.78, 5) is 3.00. The molecule has 0 aromatic heterocycles. The summed E-state index contributed by atoms with van der Waals surface area (Å²) in [5.41, 5.74) is -0.451. The van der Waals surface area contributed by atoms with E-state index < -0.39 is 0 Å². The van der Waals surface area contributed by atoms with Crippen LogP contribution in [0.1, 0.15) is 18.1 Å². The molecule has 4 heteroatoms. The lowest BCUT2D eigenvalue weighted by Crippen LogP contribution is -1.86. The molecule has 0 saturated carbocycles. The van der Waals surface area contributed by atoms with Crippen molar-refractivity contribution in [2.75, 3.05) is 0 Å². The Morgan fingerprint density at radius 2 is 1.71 bits per heavy atom. The summed E-state index contributed by atoms with van der Waals surface area (Å²) in [6.45, 7) is 6.79. The van der Waals surface area contributed by atoms with Gasteiger partial charge in [-0.2, -0.15) is 15.8 Å². The van der Waals surface area contributed by atoms with E-state index in [0.717, 1.165) is 6.07 Å². The third-order valence-corrected chi connectivity index (χ3v) is 1.52. The molecule has 0 N–H and O–H groups in total. The third kappa shape index (κ3) is 1.37. The van der Waals surface area contributed by atoms with Gasteiger partial charge < -0.3 is 0 Å². The number of benzene rings is 1. The highest BCUT2D eigenvalue weighted by Gasteiger charge is 2.08. The molecule has 1 rings (SSSR count). The highest BCUT2D eigenvalue weighted by atomic mass is 14.6. The van der Waals surface area contributed by atoms with Crippen molar-refractivity contribution in [3.05, 3.63) is 40.2 Å². The standard InChI is InChI=1S/C10H2N4/c1-14-10-3-8(5-12)7(4-11)2-9(10)6-13/h2-3H/i3D. The van der Waals surface area contributed by atoms with Gasteiger partial charge in [-0.25, -0.2) is 4.85 Å². The maximum absolute atomic E-state index is 8.71. The van der Waals surface area contributed by atoms with E-state index in [0.29, 0.717) is 0 Å². The third-order valence-electron chi connectivity index (χ3n) is 1.52. The van der Waals surface area contributed by atoms with Crippen LogP contribution >= 0.6 is 0 Å². The predicted octanol–water partition coefficient (Wildman–Crippen LogP) is 1.85. The van der Waals surface area contributed by atoms with E-state index in [1.807, 2.05) is 0 Å². The van der Waals surface area contributed by atoms with E-state index in [2.05, 4.69) is 4.85 Å². The van der Waals surface area contributed by atoms with Crippen molar-refractivity contribution in [2.24, 2.45) is 0 Å². The SMILES string of the molecule is [2H]c1c(C#N)c(C#N)cc(C#N)c1[N+]#[C-]. The van der Waals surface area contributed by atoms with Crippen LogP contribution in [0, 0.1) is 40.6 Å². The van der Waals surface area contributed by atoms with Gasteiger partial charge in [0.25, 0.3) is 0 Å². The minimum absolute atomic E-state index is 0.0496. The van der Waals surface area contributed by atoms with Gasteiger partial charge in [0, 0.05) is 0 Å². The minimum atomic E-state index is -0.358. The molecule has 0 spiro atoms. The summed E-state index contributed by atoms with van der Waals surface area (Å²) in [5, 5.41) is 26.1. The summed E-state index contributed by atoms with van der Waals surface area (Å²) >= 11 is 0. The fraction of sp³-hybridized carbons (Fsp3) is 0. The van der Waals surface area contributed by atoms with Crippen molar-refractivity contribution < 1.29 is 1.37 Å². The van der Waals surface area contributed by atoms with Gasteiger partial charge in [0.05, 0.1) is 36.8 Å². The molecule has 4 nitrogen and oxygen atoms in total. The van der Waals surface area contributed by atoms with Crippen LogP contribution in [-0.2, 0) is 0 Å². The van der Waals surface area contributed by atoms with Gasteiger partial charge in [-0.3, -0.25) is 0 Å². The molecule has 14 heavy (non-hydrogen) atoms. The second-order valence-electron chi connectivity index (χ2n) is 2.27. The van der Waals surface area contributed by atoms with Crippen molar-refractivity contribution in [2.45, 2.75) is 0 Å². The van der Waals surface area contributed by atoms with Crippen molar-refractivity contribution in [3.63, 3.8) is 0 Å². The molecule has 0 radical (unpaired) electrons. The Labute approximate surface area is 82.1 Å². The molecule has 62 valence electrons. The average molecular weight is 179 g/mol. The quantitative estimate of drug-likeness (QED) is 0.570. The first-order valence-electron chi connectivity index (χ1n) is 3.95. The Morgan fingerprint density at radius 3 is 2.14 bits per heavy atom. The molecule has 0 saturated heterocycles. The lowest BCUT2D eigenvalue weighted by Gasteiger charge is -1.97. The van der Waals surface area contributed by atoms with Crippen molar-refractivity contribution in [1.29, 1.82) is 15.8 Å². The molecule has 0 aliphatic rings. The van der Waals surface area contributed by atoms with Gasteiger partial charge in [-0.05, 0) is 12.1 Å². The Balaban J connectivity index is 3.80. The molecule has 0 heterocycles. The Morgan fingerprint density at radius 1 is 1.14 bits per heavy atom. The van der Waals surface area contributed by atoms with E-state index >= 15 is 0 Å². The first-order valence-corrected chi connectivity index (χ1v) is 3.45. The van der Waals surface area contributed by atoms with Crippen LogP contribution in [0.15, 0.2) is 12.1 Å². The maximum Gasteiger partial charge on any atom is 0.206 e. The molecule has 0 atom stereocenters. The molecule has 0 aliphatic carbocycles. The summed E-state index contributed by atoms with van der Waals surface area (Å²) in [7, 11) is 0. The van der Waals surface area contributed by atoms with Crippen molar-refractivity contribution in [3.8, 4) is 18.2 Å². The summed E-state index contributed by atoms with van der Waals surface area (Å²) in [5.74, 6) is 0. The van der Waals surface area contributed by atoms with Crippen LogP contribution in [0.5, 0.6) is 0 Å². The molecule has 0 unspecified atom stereocenters. The molecule has 0 bridgehead atoms. The van der Waals surface area contributed by atoms with E-state index in [1.54, 1.807) is 18.2 Å². The van der Waals surface area contributed by atoms with Gasteiger partial charge in [0.15, 0.2) is 0 Å². The largest absolute Gasteiger partial charge is 0.237 e. The Hall–Kier alpha value is -2.82.